The maximum atomic E-state index is 10.0. The van der Waals surface area contributed by atoms with Gasteiger partial charge < -0.3 is 24.6 Å². The van der Waals surface area contributed by atoms with Gasteiger partial charge in [-0.25, -0.2) is 0 Å². The molecule has 0 aliphatic rings. The van der Waals surface area contributed by atoms with Crippen LogP contribution in [0.15, 0.2) is 101 Å². The number of carbonyl (C=O) groups is 2. The average molecular weight is 911 g/mol. The van der Waals surface area contributed by atoms with Gasteiger partial charge >= 0.3 is 0 Å². The molecule has 0 bridgehead atoms. The summed E-state index contributed by atoms with van der Waals surface area (Å²) in [7, 11) is 0. The van der Waals surface area contributed by atoms with Crippen LogP contribution in [0.3, 0.4) is 0 Å². The maximum absolute atomic E-state index is 10.0. The van der Waals surface area contributed by atoms with Crippen LogP contribution in [0.25, 0.3) is 44.5 Å². The van der Waals surface area contributed by atoms with Gasteiger partial charge in [-0.2, -0.15) is 0 Å². The van der Waals surface area contributed by atoms with Gasteiger partial charge in [0, 0.05) is 77.8 Å². The van der Waals surface area contributed by atoms with Crippen molar-refractivity contribution >= 4 is 33.5 Å². The fourth-order valence-corrected chi connectivity index (χ4v) is 3.58. The number of ketones is 2. The summed E-state index contributed by atoms with van der Waals surface area (Å²) < 4.78 is 6.08. The van der Waals surface area contributed by atoms with E-state index in [0.717, 1.165) is 44.5 Å². The van der Waals surface area contributed by atoms with E-state index in [4.69, 9.17) is 14.6 Å². The molecule has 0 fully saturated rings. The normalized spacial score (nSPS) is 10.7. The number of furan rings is 1. The first kappa shape index (κ1) is 35.4. The fourth-order valence-electron chi connectivity index (χ4n) is 3.58. The van der Waals surface area contributed by atoms with Crippen molar-refractivity contribution in [2.75, 3.05) is 0 Å². The second-order valence-electron chi connectivity index (χ2n) is 8.57. The zero-order valence-corrected chi connectivity index (χ0v) is 27.3. The number of hydrogen-bond donors (Lipinski definition) is 2. The third kappa shape index (κ3) is 11.0. The topological polar surface area (TPSA) is 114 Å². The van der Waals surface area contributed by atoms with Gasteiger partial charge in [-0.15, -0.1) is 47.5 Å². The molecule has 0 atom stereocenters. The number of allylic oxidation sites excluding steroid dienone is 4. The van der Waals surface area contributed by atoms with Crippen molar-refractivity contribution in [1.29, 1.82) is 0 Å². The second kappa shape index (κ2) is 17.2. The summed E-state index contributed by atoms with van der Waals surface area (Å²) in [6.07, 6.45) is 5.89. The number of aromatic nitrogens is 2. The Hall–Kier alpha value is -3.66. The van der Waals surface area contributed by atoms with Crippen molar-refractivity contribution in [3.63, 3.8) is 0 Å². The Bertz CT molecular complexity index is 1520. The minimum Gasteiger partial charge on any atom is -0.512 e. The Balaban J connectivity index is 0.000000444. The summed E-state index contributed by atoms with van der Waals surface area (Å²) in [5.41, 5.74) is 5.24. The van der Waals surface area contributed by atoms with Crippen LogP contribution in [0.5, 0.6) is 0 Å². The predicted octanol–water partition coefficient (Wildman–Crippen LogP) is 7.38. The summed E-state index contributed by atoms with van der Waals surface area (Å²) in [6.45, 7) is 5.70. The van der Waals surface area contributed by atoms with Crippen molar-refractivity contribution in [1.82, 2.24) is 9.97 Å². The van der Waals surface area contributed by atoms with E-state index in [1.807, 2.05) is 60.7 Å². The monoisotopic (exact) mass is 910 g/mol. The number of fused-ring (bicyclic) bond motifs is 3. The van der Waals surface area contributed by atoms with Gasteiger partial charge in [0.2, 0.25) is 0 Å². The molecule has 0 spiro atoms. The van der Waals surface area contributed by atoms with E-state index < -0.39 is 0 Å². The van der Waals surface area contributed by atoms with Gasteiger partial charge in [-0.05, 0) is 51.2 Å². The van der Waals surface area contributed by atoms with Gasteiger partial charge in [-0.3, -0.25) is 9.59 Å². The smallest absolute Gasteiger partial charge is 0.155 e. The summed E-state index contributed by atoms with van der Waals surface area (Å²) in [6, 6.07) is 26.2. The van der Waals surface area contributed by atoms with E-state index in [9.17, 15) is 9.59 Å². The first-order chi connectivity index (χ1) is 18.6. The SMILES string of the molecule is CC(=O)/C=C(/C)O.CC(=O)/C=C(/C)O.[Pt].[Pt].[c-]1cc2c(cc1-c1ccccn1)oc1cc(-c3ccccn3)[c-]cc12. The molecule has 9 heteroatoms. The maximum Gasteiger partial charge on any atom is 0.155 e. The largest absolute Gasteiger partial charge is 0.512 e. The van der Waals surface area contributed by atoms with Crippen LogP contribution >= 0.6 is 0 Å². The third-order valence-electron chi connectivity index (χ3n) is 5.04. The van der Waals surface area contributed by atoms with Gasteiger partial charge in [-0.1, -0.05) is 35.0 Å². The number of hydrogen-bond acceptors (Lipinski definition) is 7. The van der Waals surface area contributed by atoms with Crippen molar-refractivity contribution in [3.8, 4) is 22.5 Å². The molecule has 3 heterocycles. The molecule has 0 saturated heterocycles. The van der Waals surface area contributed by atoms with Gasteiger partial charge in [0.25, 0.3) is 0 Å². The van der Waals surface area contributed by atoms with Crippen LogP contribution in [0.2, 0.25) is 0 Å². The minimum absolute atomic E-state index is 0. The van der Waals surface area contributed by atoms with E-state index in [1.165, 1.54) is 39.8 Å². The molecule has 218 valence electrons. The predicted molar refractivity (Wildman–Crippen MR) is 152 cm³/mol. The zero-order valence-electron chi connectivity index (χ0n) is 22.7. The van der Waals surface area contributed by atoms with Crippen LogP contribution in [0.1, 0.15) is 27.7 Å². The molecule has 5 rings (SSSR count). The minimum atomic E-state index is -0.125. The Labute approximate surface area is 267 Å². The number of aliphatic hydroxyl groups is 2. The summed E-state index contributed by atoms with van der Waals surface area (Å²) >= 11 is 0. The molecule has 0 saturated carbocycles. The average Bonchev–Trinajstić information content (AvgIpc) is 3.26. The molecule has 5 aromatic rings. The van der Waals surface area contributed by atoms with Gasteiger partial charge in [0.15, 0.2) is 11.6 Å². The fraction of sp³-hybridized carbons (Fsp3) is 0.125. The van der Waals surface area contributed by atoms with Crippen LogP contribution in [0, 0.1) is 12.1 Å². The first-order valence-electron chi connectivity index (χ1n) is 12.0. The van der Waals surface area contributed by atoms with E-state index in [0.29, 0.717) is 0 Å². The van der Waals surface area contributed by atoms with Crippen LogP contribution < -0.4 is 0 Å². The molecule has 2 N–H and O–H groups in total. The summed E-state index contributed by atoms with van der Waals surface area (Å²) in [5, 5.41) is 18.8. The summed E-state index contributed by atoms with van der Waals surface area (Å²) in [5.74, 6) is -0.125. The second-order valence-corrected chi connectivity index (χ2v) is 8.57. The van der Waals surface area contributed by atoms with E-state index in [2.05, 4.69) is 22.1 Å². The molecular weight excluding hydrogens is 883 g/mol. The van der Waals surface area contributed by atoms with Crippen molar-refractivity contribution in [2.45, 2.75) is 27.7 Å². The molecule has 7 nitrogen and oxygen atoms in total. The standard InChI is InChI=1S/C22H12N2O.2C5H8O2.2Pt/c1-3-11-23-19(5-1)15-7-9-17-18-10-8-16(20-6-2-4-12-24-20)14-22(18)25-21(17)13-15;2*1-4(6)3-5(2)7;;/h1-6,9-14H;2*3,6H,1-2H3;;/q-2;;;;/b;2*4-3-;;. The molecule has 0 unspecified atom stereocenters. The number of benzene rings is 2. The Kier molecular flexibility index (Phi) is 14.8. The van der Waals surface area contributed by atoms with Crippen LogP contribution in [0.4, 0.5) is 0 Å². The molecule has 3 aromatic heterocycles. The number of pyridine rings is 2. The number of nitrogens with zero attached hydrogens (tertiary/aromatic N) is 2. The van der Waals surface area contributed by atoms with E-state index >= 15 is 0 Å². The third-order valence-corrected chi connectivity index (χ3v) is 5.04. The van der Waals surface area contributed by atoms with Gasteiger partial charge in [0.1, 0.15) is 0 Å². The number of aliphatic hydroxyl groups excluding tert-OH is 2. The van der Waals surface area contributed by atoms with E-state index in [1.54, 1.807) is 12.4 Å². The summed E-state index contributed by atoms with van der Waals surface area (Å²) in [4.78, 5) is 28.8. The zero-order chi connectivity index (χ0) is 28.4. The molecule has 0 radical (unpaired) electrons. The molecule has 41 heavy (non-hydrogen) atoms. The molecule has 0 amide bonds. The molecule has 2 aromatic carbocycles. The van der Waals surface area contributed by atoms with Gasteiger partial charge in [0.05, 0.1) is 11.5 Å². The quantitative estimate of drug-likeness (QED) is 0.110. The Morgan fingerprint density at radius 3 is 1.37 bits per heavy atom. The number of carbonyl (C=O) groups excluding carboxylic acids is 2. The Morgan fingerprint density at radius 2 is 1.10 bits per heavy atom. The molecule has 0 aliphatic heterocycles. The van der Waals surface area contributed by atoms with Crippen LogP contribution in [-0.4, -0.2) is 31.7 Å². The van der Waals surface area contributed by atoms with Crippen molar-refractivity contribution < 1.29 is 66.3 Å². The van der Waals surface area contributed by atoms with Crippen LogP contribution in [-0.2, 0) is 51.7 Å². The first-order valence-corrected chi connectivity index (χ1v) is 12.0. The number of rotatable bonds is 4. The van der Waals surface area contributed by atoms with Crippen molar-refractivity contribution in [3.05, 3.63) is 109 Å². The van der Waals surface area contributed by atoms with E-state index in [-0.39, 0.29) is 65.2 Å². The molecular formula is C32H28N2O5Pt2-2. The van der Waals surface area contributed by atoms with Crippen molar-refractivity contribution in [2.24, 2.45) is 0 Å². The molecule has 0 aliphatic carbocycles. The Morgan fingerprint density at radius 1 is 0.707 bits per heavy atom.